The van der Waals surface area contributed by atoms with E-state index in [1.165, 1.54) is 0 Å². The van der Waals surface area contributed by atoms with Gasteiger partial charge >= 0.3 is 5.97 Å². The lowest BCUT2D eigenvalue weighted by atomic mass is 10.1. The van der Waals surface area contributed by atoms with Gasteiger partial charge in [0.25, 0.3) is 0 Å². The van der Waals surface area contributed by atoms with Crippen molar-refractivity contribution in [2.45, 2.75) is 19.8 Å². The van der Waals surface area contributed by atoms with Crippen LogP contribution in [-0.2, 0) is 16.0 Å². The summed E-state index contributed by atoms with van der Waals surface area (Å²) in [6.45, 7) is 1.99. The van der Waals surface area contributed by atoms with Crippen molar-refractivity contribution in [3.05, 3.63) is 18.0 Å². The van der Waals surface area contributed by atoms with Gasteiger partial charge in [-0.1, -0.05) is 6.92 Å². The van der Waals surface area contributed by atoms with Gasteiger partial charge in [0.2, 0.25) is 5.91 Å². The number of rotatable bonds is 6. The van der Waals surface area contributed by atoms with Gasteiger partial charge in [-0.05, 0) is 12.5 Å². The van der Waals surface area contributed by atoms with Crippen molar-refractivity contribution in [3.8, 4) is 0 Å². The molecule has 88 valence electrons. The largest absolute Gasteiger partial charge is 0.481 e. The first kappa shape index (κ1) is 12.2. The number of nitrogens with one attached hydrogen (secondary N) is 2. The number of nitrogens with zero attached hydrogens (tertiary/aromatic N) is 1. The number of carboxylic acids is 1. The average Bonchev–Trinajstić information content (AvgIpc) is 2.70. The van der Waals surface area contributed by atoms with E-state index in [-0.39, 0.29) is 12.3 Å². The van der Waals surface area contributed by atoms with E-state index in [2.05, 4.69) is 15.5 Å². The molecule has 1 atom stereocenters. The fourth-order valence-electron chi connectivity index (χ4n) is 1.17. The second-order valence-corrected chi connectivity index (χ2v) is 3.64. The van der Waals surface area contributed by atoms with Crippen LogP contribution in [0, 0.1) is 5.92 Å². The molecule has 0 aliphatic heterocycles. The first-order valence-electron chi connectivity index (χ1n) is 5.07. The maximum atomic E-state index is 11.4. The summed E-state index contributed by atoms with van der Waals surface area (Å²) < 4.78 is 0. The van der Waals surface area contributed by atoms with Gasteiger partial charge in [0.05, 0.1) is 12.3 Å². The highest BCUT2D eigenvalue weighted by atomic mass is 16.4. The molecule has 16 heavy (non-hydrogen) atoms. The Labute approximate surface area is 93.1 Å². The minimum absolute atomic E-state index is 0.137. The van der Waals surface area contributed by atoms with Crippen molar-refractivity contribution in [3.63, 3.8) is 0 Å². The number of hydrogen-bond donors (Lipinski definition) is 3. The van der Waals surface area contributed by atoms with Crippen molar-refractivity contribution in [2.24, 2.45) is 5.92 Å². The summed E-state index contributed by atoms with van der Waals surface area (Å²) >= 11 is 0. The zero-order valence-corrected chi connectivity index (χ0v) is 9.06. The summed E-state index contributed by atoms with van der Waals surface area (Å²) in [6.07, 6.45) is 2.25. The van der Waals surface area contributed by atoms with Crippen LogP contribution in [0.5, 0.6) is 0 Å². The molecule has 0 spiro atoms. The highest BCUT2D eigenvalue weighted by Crippen LogP contribution is 2.00. The van der Waals surface area contributed by atoms with Gasteiger partial charge in [-0.25, -0.2) is 0 Å². The Balaban J connectivity index is 2.18. The normalized spacial score (nSPS) is 12.1. The van der Waals surface area contributed by atoms with Gasteiger partial charge in [0, 0.05) is 18.4 Å². The molecule has 1 unspecified atom stereocenters. The molecule has 0 aliphatic rings. The molecule has 0 saturated heterocycles. The highest BCUT2D eigenvalue weighted by molar-refractivity contribution is 5.78. The first-order chi connectivity index (χ1) is 7.59. The number of amides is 1. The smallest absolute Gasteiger partial charge is 0.306 e. The fourth-order valence-corrected chi connectivity index (χ4v) is 1.17. The number of H-pyrrole nitrogens is 1. The molecule has 3 N–H and O–H groups in total. The van der Waals surface area contributed by atoms with Crippen LogP contribution < -0.4 is 5.32 Å². The van der Waals surface area contributed by atoms with Gasteiger partial charge in [0.1, 0.15) is 0 Å². The van der Waals surface area contributed by atoms with Crippen LogP contribution >= 0.6 is 0 Å². The van der Waals surface area contributed by atoms with Crippen molar-refractivity contribution < 1.29 is 14.7 Å². The molecule has 0 saturated carbocycles. The molecule has 6 nitrogen and oxygen atoms in total. The number of carbonyl (C=O) groups is 2. The first-order valence-corrected chi connectivity index (χ1v) is 5.07. The van der Waals surface area contributed by atoms with E-state index in [0.717, 1.165) is 5.69 Å². The molecule has 1 heterocycles. The van der Waals surface area contributed by atoms with Crippen LogP contribution in [0.4, 0.5) is 0 Å². The predicted molar refractivity (Wildman–Crippen MR) is 56.7 cm³/mol. The van der Waals surface area contributed by atoms with E-state index in [1.807, 2.05) is 0 Å². The number of aromatic nitrogens is 2. The molecule has 0 radical (unpaired) electrons. The van der Waals surface area contributed by atoms with Crippen molar-refractivity contribution in [1.82, 2.24) is 15.5 Å². The van der Waals surface area contributed by atoms with Crippen LogP contribution in [0.25, 0.3) is 0 Å². The molecule has 6 heteroatoms. The van der Waals surface area contributed by atoms with Crippen LogP contribution in [0.15, 0.2) is 12.3 Å². The molecule has 1 rings (SSSR count). The third-order valence-corrected chi connectivity index (χ3v) is 2.23. The molecule has 0 fully saturated rings. The highest BCUT2D eigenvalue weighted by Gasteiger charge is 2.11. The quantitative estimate of drug-likeness (QED) is 0.643. The Hall–Kier alpha value is -1.85. The van der Waals surface area contributed by atoms with Gasteiger partial charge in [-0.3, -0.25) is 14.7 Å². The second-order valence-electron chi connectivity index (χ2n) is 3.64. The Morgan fingerprint density at radius 3 is 2.94 bits per heavy atom. The number of hydrogen-bond acceptors (Lipinski definition) is 3. The van der Waals surface area contributed by atoms with E-state index >= 15 is 0 Å². The molecule has 0 aromatic carbocycles. The molecular weight excluding hydrogens is 210 g/mol. The number of aliphatic carboxylic acids is 1. The SMILES string of the molecule is CC(CCNC(=O)Cc1ccn[nH]1)C(=O)O. The van der Waals surface area contributed by atoms with E-state index in [0.29, 0.717) is 13.0 Å². The van der Waals surface area contributed by atoms with Gasteiger partial charge in [-0.2, -0.15) is 5.10 Å². The summed E-state index contributed by atoms with van der Waals surface area (Å²) in [7, 11) is 0. The van der Waals surface area contributed by atoms with Crippen LogP contribution in [-0.4, -0.2) is 33.7 Å². The van der Waals surface area contributed by atoms with E-state index in [1.54, 1.807) is 19.2 Å². The third kappa shape index (κ3) is 4.12. The van der Waals surface area contributed by atoms with E-state index < -0.39 is 11.9 Å². The third-order valence-electron chi connectivity index (χ3n) is 2.23. The molecule has 1 amide bonds. The topological polar surface area (TPSA) is 95.1 Å². The maximum Gasteiger partial charge on any atom is 0.306 e. The predicted octanol–water partition coefficient (Wildman–Crippen LogP) is 0.179. The van der Waals surface area contributed by atoms with E-state index in [4.69, 9.17) is 5.11 Å². The van der Waals surface area contributed by atoms with Gasteiger partial charge in [-0.15, -0.1) is 0 Å². The fraction of sp³-hybridized carbons (Fsp3) is 0.500. The van der Waals surface area contributed by atoms with Crippen molar-refractivity contribution >= 4 is 11.9 Å². The van der Waals surface area contributed by atoms with Crippen molar-refractivity contribution in [1.29, 1.82) is 0 Å². The number of aromatic amines is 1. The lowest BCUT2D eigenvalue weighted by Crippen LogP contribution is -2.28. The summed E-state index contributed by atoms with van der Waals surface area (Å²) in [6, 6.07) is 1.72. The van der Waals surface area contributed by atoms with E-state index in [9.17, 15) is 9.59 Å². The Kier molecular flexibility index (Phi) is 4.50. The van der Waals surface area contributed by atoms with Crippen LogP contribution in [0.1, 0.15) is 19.0 Å². The average molecular weight is 225 g/mol. The summed E-state index contributed by atoms with van der Waals surface area (Å²) in [5.41, 5.74) is 0.740. The summed E-state index contributed by atoms with van der Waals surface area (Å²) in [4.78, 5) is 21.9. The monoisotopic (exact) mass is 225 g/mol. The molecule has 1 aromatic heterocycles. The van der Waals surface area contributed by atoms with Crippen molar-refractivity contribution in [2.75, 3.05) is 6.54 Å². The molecular formula is C10H15N3O3. The van der Waals surface area contributed by atoms with Gasteiger partial charge < -0.3 is 10.4 Å². The minimum atomic E-state index is -0.845. The number of carbonyl (C=O) groups excluding carboxylic acids is 1. The Morgan fingerprint density at radius 1 is 1.62 bits per heavy atom. The Bertz CT molecular complexity index is 348. The molecule has 0 aliphatic carbocycles. The maximum absolute atomic E-state index is 11.4. The standard InChI is InChI=1S/C10H15N3O3/c1-7(10(15)16)2-4-11-9(14)6-8-3-5-12-13-8/h3,5,7H,2,4,6H2,1H3,(H,11,14)(H,12,13)(H,15,16). The number of carboxylic acid groups (broad SMARTS) is 1. The van der Waals surface area contributed by atoms with Gasteiger partial charge in [0.15, 0.2) is 0 Å². The van der Waals surface area contributed by atoms with Crippen LogP contribution in [0.2, 0.25) is 0 Å². The minimum Gasteiger partial charge on any atom is -0.481 e. The lowest BCUT2D eigenvalue weighted by molar-refractivity contribution is -0.141. The molecule has 1 aromatic rings. The lowest BCUT2D eigenvalue weighted by Gasteiger charge is -2.07. The zero-order valence-electron chi connectivity index (χ0n) is 9.06. The summed E-state index contributed by atoms with van der Waals surface area (Å²) in [5.74, 6) is -1.42. The zero-order chi connectivity index (χ0) is 12.0. The van der Waals surface area contributed by atoms with Crippen LogP contribution in [0.3, 0.4) is 0 Å². The second kappa shape index (κ2) is 5.89. The Morgan fingerprint density at radius 2 is 2.38 bits per heavy atom. The summed E-state index contributed by atoms with van der Waals surface area (Å²) in [5, 5.41) is 17.7. The molecule has 0 bridgehead atoms.